The molecule has 0 saturated carbocycles. The summed E-state index contributed by atoms with van der Waals surface area (Å²) in [5.41, 5.74) is 0.395. The Balaban J connectivity index is 4.16. The Morgan fingerprint density at radius 1 is 1.08 bits per heavy atom. The van der Waals surface area contributed by atoms with Gasteiger partial charge in [0.2, 0.25) is 0 Å². The van der Waals surface area contributed by atoms with Crippen LogP contribution in [-0.4, -0.2) is 12.7 Å². The molecular formula is C12H26O. The highest BCUT2D eigenvalue weighted by atomic mass is 16.5. The average molecular weight is 186 g/mol. The molecule has 1 nitrogen and oxygen atoms in total. The number of methoxy groups -OCH3 is 1. The lowest BCUT2D eigenvalue weighted by atomic mass is 9.76. The number of ether oxygens (including phenoxy) is 1. The molecule has 0 aliphatic carbocycles. The molecule has 0 fully saturated rings. The molecule has 1 heteroatoms. The Labute approximate surface area is 83.9 Å². The molecule has 0 spiro atoms. The molecule has 0 aliphatic heterocycles. The van der Waals surface area contributed by atoms with Crippen LogP contribution in [0.15, 0.2) is 0 Å². The quantitative estimate of drug-likeness (QED) is 0.633. The zero-order chi connectivity index (χ0) is 10.7. The molecule has 0 aliphatic rings. The van der Waals surface area contributed by atoms with Gasteiger partial charge in [-0.05, 0) is 38.0 Å². The van der Waals surface area contributed by atoms with Gasteiger partial charge in [-0.2, -0.15) is 0 Å². The van der Waals surface area contributed by atoms with Crippen molar-refractivity contribution in [1.29, 1.82) is 0 Å². The third-order valence-corrected chi connectivity index (χ3v) is 2.42. The van der Waals surface area contributed by atoms with E-state index in [1.807, 2.05) is 0 Å². The van der Waals surface area contributed by atoms with Crippen LogP contribution >= 0.6 is 0 Å². The van der Waals surface area contributed by atoms with Crippen LogP contribution in [0.25, 0.3) is 0 Å². The first-order valence-electron chi connectivity index (χ1n) is 5.24. The maximum absolute atomic E-state index is 5.46. The molecule has 0 heterocycles. The van der Waals surface area contributed by atoms with Crippen molar-refractivity contribution in [3.05, 3.63) is 0 Å². The minimum Gasteiger partial charge on any atom is -0.379 e. The van der Waals surface area contributed by atoms with Crippen molar-refractivity contribution in [2.45, 2.75) is 60.0 Å². The van der Waals surface area contributed by atoms with E-state index < -0.39 is 0 Å². The van der Waals surface area contributed by atoms with Crippen LogP contribution in [0.5, 0.6) is 0 Å². The Bertz CT molecular complexity index is 145. The topological polar surface area (TPSA) is 9.23 Å². The summed E-state index contributed by atoms with van der Waals surface area (Å²) in [6, 6.07) is 0. The van der Waals surface area contributed by atoms with E-state index in [1.54, 1.807) is 7.11 Å². The molecule has 0 rings (SSSR count). The van der Waals surface area contributed by atoms with Gasteiger partial charge in [-0.3, -0.25) is 0 Å². The zero-order valence-electron chi connectivity index (χ0n) is 10.4. The summed E-state index contributed by atoms with van der Waals surface area (Å²) < 4.78 is 5.46. The lowest BCUT2D eigenvalue weighted by molar-refractivity contribution is -0.0169. The molecule has 0 aromatic rings. The van der Waals surface area contributed by atoms with Gasteiger partial charge in [-0.1, -0.05) is 27.7 Å². The number of hydrogen-bond acceptors (Lipinski definition) is 1. The van der Waals surface area contributed by atoms with Crippen LogP contribution < -0.4 is 0 Å². The first-order valence-corrected chi connectivity index (χ1v) is 5.24. The Morgan fingerprint density at radius 2 is 1.54 bits per heavy atom. The number of rotatable bonds is 5. The normalized spacial score (nSPS) is 13.8. The van der Waals surface area contributed by atoms with Crippen molar-refractivity contribution in [1.82, 2.24) is 0 Å². The van der Waals surface area contributed by atoms with E-state index in [0.29, 0.717) is 5.41 Å². The summed E-state index contributed by atoms with van der Waals surface area (Å²) >= 11 is 0. The van der Waals surface area contributed by atoms with E-state index in [0.717, 1.165) is 12.3 Å². The molecular weight excluding hydrogens is 160 g/mol. The predicted octanol–water partition coefficient (Wildman–Crippen LogP) is 3.87. The second-order valence-corrected chi connectivity index (χ2v) is 5.90. The summed E-state index contributed by atoms with van der Waals surface area (Å²) in [6.45, 7) is 13.5. The summed E-state index contributed by atoms with van der Waals surface area (Å²) in [7, 11) is 1.80. The molecule has 80 valence electrons. The largest absolute Gasteiger partial charge is 0.379 e. The molecule has 0 radical (unpaired) electrons. The molecule has 0 unspecified atom stereocenters. The van der Waals surface area contributed by atoms with Crippen LogP contribution in [-0.2, 0) is 4.74 Å². The molecule has 0 bridgehead atoms. The molecule has 13 heavy (non-hydrogen) atoms. The highest BCUT2D eigenvalue weighted by Crippen LogP contribution is 2.35. The first kappa shape index (κ1) is 13.0. The monoisotopic (exact) mass is 186 g/mol. The van der Waals surface area contributed by atoms with Crippen LogP contribution in [0.2, 0.25) is 0 Å². The van der Waals surface area contributed by atoms with Gasteiger partial charge in [0, 0.05) is 7.11 Å². The lowest BCUT2D eigenvalue weighted by Crippen LogP contribution is -2.31. The standard InChI is InChI=1S/C12H26O/c1-10(2)8-11(3,4)9-12(5,6)13-7/h10H,8-9H2,1-7H3. The fraction of sp³-hybridized carbons (Fsp3) is 1.00. The van der Waals surface area contributed by atoms with E-state index in [9.17, 15) is 0 Å². The molecule has 0 aromatic carbocycles. The lowest BCUT2D eigenvalue weighted by Gasteiger charge is -2.35. The van der Waals surface area contributed by atoms with Crippen LogP contribution in [0.4, 0.5) is 0 Å². The fourth-order valence-corrected chi connectivity index (χ4v) is 2.40. The summed E-state index contributed by atoms with van der Waals surface area (Å²) in [4.78, 5) is 0. The average Bonchev–Trinajstić information content (AvgIpc) is 1.81. The van der Waals surface area contributed by atoms with E-state index in [2.05, 4.69) is 41.5 Å². The van der Waals surface area contributed by atoms with Crippen LogP contribution in [0, 0.1) is 11.3 Å². The Morgan fingerprint density at radius 3 is 1.85 bits per heavy atom. The maximum Gasteiger partial charge on any atom is 0.0627 e. The van der Waals surface area contributed by atoms with Crippen molar-refractivity contribution in [3.63, 3.8) is 0 Å². The summed E-state index contributed by atoms with van der Waals surface area (Å²) in [6.07, 6.45) is 2.38. The maximum atomic E-state index is 5.46. The van der Waals surface area contributed by atoms with Gasteiger partial charge in [0.1, 0.15) is 0 Å². The third-order valence-electron chi connectivity index (χ3n) is 2.42. The Kier molecular flexibility index (Phi) is 4.44. The van der Waals surface area contributed by atoms with Crippen molar-refractivity contribution < 1.29 is 4.74 Å². The summed E-state index contributed by atoms with van der Waals surface area (Å²) in [5.74, 6) is 0.766. The Hall–Kier alpha value is -0.0400. The molecule has 0 aromatic heterocycles. The molecule has 0 N–H and O–H groups in total. The van der Waals surface area contributed by atoms with Crippen molar-refractivity contribution in [3.8, 4) is 0 Å². The second kappa shape index (κ2) is 4.45. The third kappa shape index (κ3) is 6.09. The van der Waals surface area contributed by atoms with Crippen LogP contribution in [0.3, 0.4) is 0 Å². The highest BCUT2D eigenvalue weighted by molar-refractivity contribution is 4.80. The van der Waals surface area contributed by atoms with Gasteiger partial charge in [0.15, 0.2) is 0 Å². The SMILES string of the molecule is COC(C)(C)CC(C)(C)CC(C)C. The predicted molar refractivity (Wildman–Crippen MR) is 58.9 cm³/mol. The number of hydrogen-bond donors (Lipinski definition) is 0. The van der Waals surface area contributed by atoms with Crippen molar-refractivity contribution in [2.24, 2.45) is 11.3 Å². The van der Waals surface area contributed by atoms with E-state index in [-0.39, 0.29) is 5.60 Å². The first-order chi connectivity index (χ1) is 5.68. The molecule has 0 saturated heterocycles. The molecule has 0 atom stereocenters. The smallest absolute Gasteiger partial charge is 0.0627 e. The van der Waals surface area contributed by atoms with Gasteiger partial charge in [0.25, 0.3) is 0 Å². The van der Waals surface area contributed by atoms with Gasteiger partial charge >= 0.3 is 0 Å². The van der Waals surface area contributed by atoms with Gasteiger partial charge in [-0.25, -0.2) is 0 Å². The highest BCUT2D eigenvalue weighted by Gasteiger charge is 2.28. The van der Waals surface area contributed by atoms with Crippen molar-refractivity contribution in [2.75, 3.05) is 7.11 Å². The second-order valence-electron chi connectivity index (χ2n) is 5.90. The van der Waals surface area contributed by atoms with Gasteiger partial charge in [-0.15, -0.1) is 0 Å². The van der Waals surface area contributed by atoms with E-state index in [1.165, 1.54) is 6.42 Å². The van der Waals surface area contributed by atoms with Gasteiger partial charge in [0.05, 0.1) is 5.60 Å². The summed E-state index contributed by atoms with van der Waals surface area (Å²) in [5, 5.41) is 0. The fourth-order valence-electron chi connectivity index (χ4n) is 2.40. The van der Waals surface area contributed by atoms with E-state index in [4.69, 9.17) is 4.74 Å². The van der Waals surface area contributed by atoms with Crippen LogP contribution in [0.1, 0.15) is 54.4 Å². The molecule has 0 amide bonds. The minimum atomic E-state index is 0.0123. The van der Waals surface area contributed by atoms with Gasteiger partial charge < -0.3 is 4.74 Å². The van der Waals surface area contributed by atoms with Crippen molar-refractivity contribution >= 4 is 0 Å². The zero-order valence-corrected chi connectivity index (χ0v) is 10.4. The minimum absolute atomic E-state index is 0.0123. The van der Waals surface area contributed by atoms with E-state index >= 15 is 0 Å².